The molecule has 1 heterocycles. The number of halogens is 1. The number of nitrogens with one attached hydrogen (secondary N) is 1. The third-order valence-electron chi connectivity index (χ3n) is 3.37. The average Bonchev–Trinajstić information content (AvgIpc) is 2.38. The Morgan fingerprint density at radius 3 is 2.94 bits per heavy atom. The molecule has 0 saturated carbocycles. The first-order valence-electron chi connectivity index (χ1n) is 6.39. The molecule has 0 saturated heterocycles. The van der Waals surface area contributed by atoms with Crippen LogP contribution in [0, 0.1) is 5.82 Å². The zero-order valence-electron chi connectivity index (χ0n) is 11.1. The quantitative estimate of drug-likeness (QED) is 0.904. The molecular formula is C14H20FNOS. The van der Waals surface area contributed by atoms with Crippen LogP contribution in [0.4, 0.5) is 4.39 Å². The summed E-state index contributed by atoms with van der Waals surface area (Å²) in [5, 5.41) is 3.98. The van der Waals surface area contributed by atoms with E-state index in [1.165, 1.54) is 7.11 Å². The lowest BCUT2D eigenvalue weighted by molar-refractivity contribution is 0.383. The number of ether oxygens (including phenoxy) is 1. The molecule has 0 aromatic heterocycles. The van der Waals surface area contributed by atoms with E-state index in [-0.39, 0.29) is 11.9 Å². The molecule has 2 nitrogen and oxygen atoms in total. The second-order valence-electron chi connectivity index (χ2n) is 4.60. The largest absolute Gasteiger partial charge is 0.494 e. The molecule has 100 valence electrons. The van der Waals surface area contributed by atoms with Gasteiger partial charge >= 0.3 is 0 Å². The number of rotatable bonds is 4. The predicted molar refractivity (Wildman–Crippen MR) is 74.7 cm³/mol. The second-order valence-corrected chi connectivity index (χ2v) is 5.96. The molecule has 0 fully saturated rings. The number of hydrogen-bond acceptors (Lipinski definition) is 3. The fraction of sp³-hybridized carbons (Fsp3) is 0.571. The van der Waals surface area contributed by atoms with E-state index in [1.54, 1.807) is 17.8 Å². The van der Waals surface area contributed by atoms with Gasteiger partial charge in [0.2, 0.25) is 0 Å². The number of methoxy groups -OCH3 is 1. The first kappa shape index (κ1) is 13.7. The van der Waals surface area contributed by atoms with Crippen LogP contribution in [0.3, 0.4) is 0 Å². The first-order valence-corrected chi connectivity index (χ1v) is 7.44. The Kier molecular flexibility index (Phi) is 4.51. The molecule has 1 aliphatic rings. The topological polar surface area (TPSA) is 21.3 Å². The summed E-state index contributed by atoms with van der Waals surface area (Å²) in [6.07, 6.45) is 1.09. The zero-order chi connectivity index (χ0) is 13.1. The van der Waals surface area contributed by atoms with Crippen molar-refractivity contribution in [1.82, 2.24) is 5.32 Å². The summed E-state index contributed by atoms with van der Waals surface area (Å²) in [4.78, 5) is 0. The van der Waals surface area contributed by atoms with E-state index < -0.39 is 0 Å². The lowest BCUT2D eigenvalue weighted by Crippen LogP contribution is -2.32. The number of benzene rings is 1. The molecule has 18 heavy (non-hydrogen) atoms. The van der Waals surface area contributed by atoms with Crippen LogP contribution >= 0.6 is 11.8 Å². The SMILES string of the molecule is CCCNC1c2ccc(OC)c(F)c2CSC1C. The van der Waals surface area contributed by atoms with Crippen LogP contribution in [-0.4, -0.2) is 18.9 Å². The van der Waals surface area contributed by atoms with Crippen molar-refractivity contribution in [2.24, 2.45) is 0 Å². The van der Waals surface area contributed by atoms with E-state index in [4.69, 9.17) is 4.74 Å². The van der Waals surface area contributed by atoms with Crippen LogP contribution < -0.4 is 10.1 Å². The van der Waals surface area contributed by atoms with Gasteiger partial charge in [-0.3, -0.25) is 0 Å². The highest BCUT2D eigenvalue weighted by Crippen LogP contribution is 2.40. The minimum Gasteiger partial charge on any atom is -0.494 e. The number of thioether (sulfide) groups is 1. The molecule has 1 N–H and O–H groups in total. The molecule has 1 aromatic carbocycles. The minimum atomic E-state index is -0.197. The Morgan fingerprint density at radius 2 is 2.28 bits per heavy atom. The summed E-state index contributed by atoms with van der Waals surface area (Å²) in [6.45, 7) is 5.30. The fourth-order valence-corrected chi connectivity index (χ4v) is 3.51. The summed E-state index contributed by atoms with van der Waals surface area (Å²) in [5.41, 5.74) is 1.89. The van der Waals surface area contributed by atoms with Gasteiger partial charge in [0, 0.05) is 22.6 Å². The van der Waals surface area contributed by atoms with Crippen molar-refractivity contribution in [3.63, 3.8) is 0 Å². The number of hydrogen-bond donors (Lipinski definition) is 1. The Balaban J connectivity index is 2.35. The minimum absolute atomic E-state index is 0.197. The summed E-state index contributed by atoms with van der Waals surface area (Å²) >= 11 is 1.79. The Hall–Kier alpha value is -0.740. The van der Waals surface area contributed by atoms with Crippen molar-refractivity contribution in [3.8, 4) is 5.75 Å². The predicted octanol–water partition coefficient (Wildman–Crippen LogP) is 3.51. The highest BCUT2D eigenvalue weighted by Gasteiger charge is 2.29. The van der Waals surface area contributed by atoms with Crippen molar-refractivity contribution in [1.29, 1.82) is 0 Å². The maximum absolute atomic E-state index is 14.2. The maximum Gasteiger partial charge on any atom is 0.169 e. The van der Waals surface area contributed by atoms with E-state index >= 15 is 0 Å². The van der Waals surface area contributed by atoms with Crippen LogP contribution in [0.2, 0.25) is 0 Å². The van der Waals surface area contributed by atoms with Crippen LogP contribution in [0.25, 0.3) is 0 Å². The molecule has 0 bridgehead atoms. The van der Waals surface area contributed by atoms with Crippen LogP contribution in [-0.2, 0) is 5.75 Å². The van der Waals surface area contributed by atoms with Gasteiger partial charge in [-0.05, 0) is 24.6 Å². The molecule has 4 heteroatoms. The van der Waals surface area contributed by atoms with Crippen molar-refractivity contribution in [2.75, 3.05) is 13.7 Å². The third-order valence-corrected chi connectivity index (χ3v) is 4.63. The Labute approximate surface area is 112 Å². The lowest BCUT2D eigenvalue weighted by atomic mass is 9.97. The molecule has 2 unspecified atom stereocenters. The van der Waals surface area contributed by atoms with Gasteiger partial charge < -0.3 is 10.1 Å². The molecule has 0 amide bonds. The summed E-state index contributed by atoms with van der Waals surface area (Å²) in [7, 11) is 1.51. The van der Waals surface area contributed by atoms with E-state index in [0.29, 0.717) is 11.0 Å². The molecule has 0 aliphatic carbocycles. The molecule has 0 radical (unpaired) electrons. The normalized spacial score (nSPS) is 22.7. The van der Waals surface area contributed by atoms with Crippen molar-refractivity contribution < 1.29 is 9.13 Å². The van der Waals surface area contributed by atoms with Gasteiger partial charge in [-0.1, -0.05) is 19.9 Å². The van der Waals surface area contributed by atoms with Gasteiger partial charge in [-0.25, -0.2) is 4.39 Å². The first-order chi connectivity index (χ1) is 8.69. The van der Waals surface area contributed by atoms with E-state index in [0.717, 1.165) is 29.8 Å². The molecule has 2 atom stereocenters. The standard InChI is InChI=1S/C14H20FNOS/c1-4-7-16-14-9(2)18-8-11-10(14)5-6-12(17-3)13(11)15/h5-6,9,14,16H,4,7-8H2,1-3H3. The number of fused-ring (bicyclic) bond motifs is 1. The van der Waals surface area contributed by atoms with Crippen molar-refractivity contribution >= 4 is 11.8 Å². The average molecular weight is 269 g/mol. The van der Waals surface area contributed by atoms with Gasteiger partial charge in [0.25, 0.3) is 0 Å². The summed E-state index contributed by atoms with van der Waals surface area (Å²) in [6, 6.07) is 3.97. The van der Waals surface area contributed by atoms with Gasteiger partial charge in [0.15, 0.2) is 11.6 Å². The van der Waals surface area contributed by atoms with Crippen LogP contribution in [0.5, 0.6) is 5.75 Å². The highest BCUT2D eigenvalue weighted by molar-refractivity contribution is 7.99. The van der Waals surface area contributed by atoms with Gasteiger partial charge in [-0.2, -0.15) is 11.8 Å². The van der Waals surface area contributed by atoms with Crippen LogP contribution in [0.15, 0.2) is 12.1 Å². The second kappa shape index (κ2) is 5.93. The van der Waals surface area contributed by atoms with E-state index in [1.807, 2.05) is 6.07 Å². The van der Waals surface area contributed by atoms with E-state index in [2.05, 4.69) is 19.2 Å². The Bertz CT molecular complexity index is 425. The molecule has 2 rings (SSSR count). The third kappa shape index (κ3) is 2.50. The fourth-order valence-electron chi connectivity index (χ4n) is 2.35. The van der Waals surface area contributed by atoms with Crippen molar-refractivity contribution in [3.05, 3.63) is 29.1 Å². The molecule has 1 aromatic rings. The molecular weight excluding hydrogens is 249 g/mol. The lowest BCUT2D eigenvalue weighted by Gasteiger charge is -2.32. The zero-order valence-corrected chi connectivity index (χ0v) is 11.9. The maximum atomic E-state index is 14.2. The summed E-state index contributed by atoms with van der Waals surface area (Å²) < 4.78 is 19.3. The summed E-state index contributed by atoms with van der Waals surface area (Å²) in [5.74, 6) is 0.875. The molecule has 0 spiro atoms. The van der Waals surface area contributed by atoms with Crippen molar-refractivity contribution in [2.45, 2.75) is 37.3 Å². The highest BCUT2D eigenvalue weighted by atomic mass is 32.2. The van der Waals surface area contributed by atoms with Gasteiger partial charge in [0.1, 0.15) is 0 Å². The van der Waals surface area contributed by atoms with Crippen LogP contribution in [0.1, 0.15) is 37.4 Å². The molecule has 1 aliphatic heterocycles. The monoisotopic (exact) mass is 269 g/mol. The Morgan fingerprint density at radius 1 is 1.50 bits per heavy atom. The van der Waals surface area contributed by atoms with E-state index in [9.17, 15) is 4.39 Å². The van der Waals surface area contributed by atoms with Gasteiger partial charge in [-0.15, -0.1) is 0 Å². The smallest absolute Gasteiger partial charge is 0.169 e. The van der Waals surface area contributed by atoms with Gasteiger partial charge in [0.05, 0.1) is 7.11 Å².